The summed E-state index contributed by atoms with van der Waals surface area (Å²) in [5.74, 6) is 1.91. The van der Waals surface area contributed by atoms with E-state index < -0.39 is 0 Å². The minimum atomic E-state index is 0.00421. The first-order chi connectivity index (χ1) is 10.3. The first-order valence-electron chi connectivity index (χ1n) is 7.54. The van der Waals surface area contributed by atoms with Crippen LogP contribution in [0.3, 0.4) is 0 Å². The monoisotopic (exact) mass is 349 g/mol. The summed E-state index contributed by atoms with van der Waals surface area (Å²) in [4.78, 5) is 0. The SMILES string of the molecule is CCCNC(C1=CCCCO1)c1cc2cccc(Br)c2o1. The maximum Gasteiger partial charge on any atom is 0.148 e. The van der Waals surface area contributed by atoms with Crippen LogP contribution >= 0.6 is 15.9 Å². The summed E-state index contributed by atoms with van der Waals surface area (Å²) < 4.78 is 12.9. The van der Waals surface area contributed by atoms with Gasteiger partial charge in [-0.1, -0.05) is 19.1 Å². The van der Waals surface area contributed by atoms with Crippen LogP contribution in [0.4, 0.5) is 0 Å². The highest BCUT2D eigenvalue weighted by Gasteiger charge is 2.23. The smallest absolute Gasteiger partial charge is 0.148 e. The molecule has 0 fully saturated rings. The number of halogens is 1. The summed E-state index contributed by atoms with van der Waals surface area (Å²) in [6.07, 6.45) is 5.42. The summed E-state index contributed by atoms with van der Waals surface area (Å²) in [6.45, 7) is 3.89. The Morgan fingerprint density at radius 3 is 3.00 bits per heavy atom. The molecule has 0 radical (unpaired) electrons. The normalized spacial score (nSPS) is 16.6. The van der Waals surface area contributed by atoms with Crippen LogP contribution in [0.2, 0.25) is 0 Å². The lowest BCUT2D eigenvalue weighted by atomic mass is 10.1. The molecule has 0 bridgehead atoms. The van der Waals surface area contributed by atoms with Gasteiger partial charge in [0.25, 0.3) is 0 Å². The number of para-hydroxylation sites is 1. The van der Waals surface area contributed by atoms with Crippen LogP contribution in [0.15, 0.2) is 45.0 Å². The zero-order valence-electron chi connectivity index (χ0n) is 12.2. The number of rotatable bonds is 5. The predicted molar refractivity (Wildman–Crippen MR) is 88.2 cm³/mol. The molecule has 2 heterocycles. The molecule has 0 aliphatic carbocycles. The summed E-state index contributed by atoms with van der Waals surface area (Å²) in [7, 11) is 0. The third kappa shape index (κ3) is 3.16. The fourth-order valence-electron chi connectivity index (χ4n) is 2.60. The van der Waals surface area contributed by atoms with E-state index in [0.717, 1.165) is 59.4 Å². The molecule has 4 heteroatoms. The standard InChI is InChI=1S/C17H20BrNO2/c1-2-9-19-16(14-8-3-4-10-20-14)15-11-12-6-5-7-13(18)17(12)21-15/h5-8,11,16,19H,2-4,9-10H2,1H3. The topological polar surface area (TPSA) is 34.4 Å². The van der Waals surface area contributed by atoms with Crippen LogP contribution < -0.4 is 5.32 Å². The maximum atomic E-state index is 6.08. The molecule has 1 aromatic carbocycles. The molecule has 3 rings (SSSR count). The molecule has 112 valence electrons. The second kappa shape index (κ2) is 6.67. The van der Waals surface area contributed by atoms with E-state index in [1.165, 1.54) is 0 Å². The molecule has 0 amide bonds. The third-order valence-electron chi connectivity index (χ3n) is 3.65. The number of fused-ring (bicyclic) bond motifs is 1. The molecule has 1 N–H and O–H groups in total. The van der Waals surface area contributed by atoms with Crippen LogP contribution in [0.5, 0.6) is 0 Å². The van der Waals surface area contributed by atoms with E-state index in [2.05, 4.69) is 46.4 Å². The van der Waals surface area contributed by atoms with Crippen molar-refractivity contribution in [2.75, 3.05) is 13.2 Å². The Hall–Kier alpha value is -1.26. The Morgan fingerprint density at radius 1 is 1.38 bits per heavy atom. The van der Waals surface area contributed by atoms with Crippen LogP contribution in [0, 0.1) is 0 Å². The average Bonchev–Trinajstić information content (AvgIpc) is 2.94. The van der Waals surface area contributed by atoms with Crippen molar-refractivity contribution in [3.05, 3.63) is 46.3 Å². The molecule has 1 aliphatic rings. The maximum absolute atomic E-state index is 6.08. The zero-order valence-corrected chi connectivity index (χ0v) is 13.8. The Balaban J connectivity index is 1.97. The first-order valence-corrected chi connectivity index (χ1v) is 8.33. The van der Waals surface area contributed by atoms with Crippen molar-refractivity contribution in [2.24, 2.45) is 0 Å². The van der Waals surface area contributed by atoms with Gasteiger partial charge in [-0.3, -0.25) is 0 Å². The molecular weight excluding hydrogens is 330 g/mol. The molecule has 0 saturated carbocycles. The number of benzene rings is 1. The van der Waals surface area contributed by atoms with Gasteiger partial charge in [0.05, 0.1) is 11.1 Å². The minimum absolute atomic E-state index is 0.00421. The van der Waals surface area contributed by atoms with Gasteiger partial charge in [0.2, 0.25) is 0 Å². The fraction of sp³-hybridized carbons (Fsp3) is 0.412. The van der Waals surface area contributed by atoms with Crippen LogP contribution in [-0.2, 0) is 4.74 Å². The molecule has 3 nitrogen and oxygen atoms in total. The van der Waals surface area contributed by atoms with Gasteiger partial charge in [0.1, 0.15) is 23.1 Å². The van der Waals surface area contributed by atoms with Crippen molar-refractivity contribution in [2.45, 2.75) is 32.2 Å². The molecule has 1 aliphatic heterocycles. The fourth-order valence-corrected chi connectivity index (χ4v) is 3.06. The van der Waals surface area contributed by atoms with E-state index in [9.17, 15) is 0 Å². The van der Waals surface area contributed by atoms with Gasteiger partial charge >= 0.3 is 0 Å². The lowest BCUT2D eigenvalue weighted by Crippen LogP contribution is -2.25. The van der Waals surface area contributed by atoms with Crippen molar-refractivity contribution in [1.29, 1.82) is 0 Å². The summed E-state index contributed by atoms with van der Waals surface area (Å²) in [6, 6.07) is 8.20. The second-order valence-corrected chi connectivity index (χ2v) is 6.15. The lowest BCUT2D eigenvalue weighted by Gasteiger charge is -2.23. The van der Waals surface area contributed by atoms with Gasteiger partial charge in [0, 0.05) is 5.39 Å². The van der Waals surface area contributed by atoms with Gasteiger partial charge in [-0.15, -0.1) is 0 Å². The minimum Gasteiger partial charge on any atom is -0.496 e. The van der Waals surface area contributed by atoms with E-state index in [0.29, 0.717) is 0 Å². The van der Waals surface area contributed by atoms with Crippen molar-refractivity contribution in [1.82, 2.24) is 5.32 Å². The summed E-state index contributed by atoms with van der Waals surface area (Å²) >= 11 is 3.55. The highest BCUT2D eigenvalue weighted by molar-refractivity contribution is 9.10. The summed E-state index contributed by atoms with van der Waals surface area (Å²) in [5, 5.41) is 4.64. The van der Waals surface area contributed by atoms with Gasteiger partial charge < -0.3 is 14.5 Å². The van der Waals surface area contributed by atoms with Crippen molar-refractivity contribution < 1.29 is 9.15 Å². The first kappa shape index (κ1) is 14.7. The second-order valence-electron chi connectivity index (χ2n) is 5.29. The number of hydrogen-bond acceptors (Lipinski definition) is 3. The molecular formula is C17H20BrNO2. The quantitative estimate of drug-likeness (QED) is 0.830. The van der Waals surface area contributed by atoms with E-state index in [-0.39, 0.29) is 6.04 Å². The van der Waals surface area contributed by atoms with Gasteiger partial charge in [-0.25, -0.2) is 0 Å². The number of nitrogens with one attached hydrogen (secondary N) is 1. The summed E-state index contributed by atoms with van der Waals surface area (Å²) in [5.41, 5.74) is 0.896. The molecule has 2 aromatic rings. The molecule has 1 aromatic heterocycles. The molecule has 1 unspecified atom stereocenters. The highest BCUT2D eigenvalue weighted by Crippen LogP contribution is 2.33. The number of furan rings is 1. The molecule has 21 heavy (non-hydrogen) atoms. The Morgan fingerprint density at radius 2 is 2.29 bits per heavy atom. The predicted octanol–water partition coefficient (Wildman–Crippen LogP) is 4.93. The van der Waals surface area contributed by atoms with Gasteiger partial charge in [-0.05, 0) is 59.9 Å². The Labute approximate surface area is 133 Å². The average molecular weight is 350 g/mol. The number of hydrogen-bond donors (Lipinski definition) is 1. The van der Waals surface area contributed by atoms with Crippen molar-refractivity contribution >= 4 is 26.9 Å². The largest absolute Gasteiger partial charge is 0.496 e. The van der Waals surface area contributed by atoms with Crippen LogP contribution in [0.1, 0.15) is 38.0 Å². The number of ether oxygens (including phenoxy) is 1. The van der Waals surface area contributed by atoms with E-state index >= 15 is 0 Å². The Kier molecular flexibility index (Phi) is 4.66. The van der Waals surface area contributed by atoms with Gasteiger partial charge in [-0.2, -0.15) is 0 Å². The van der Waals surface area contributed by atoms with Gasteiger partial charge in [0.15, 0.2) is 0 Å². The van der Waals surface area contributed by atoms with Crippen LogP contribution in [-0.4, -0.2) is 13.2 Å². The van der Waals surface area contributed by atoms with E-state index in [4.69, 9.17) is 9.15 Å². The van der Waals surface area contributed by atoms with E-state index in [1.54, 1.807) is 0 Å². The van der Waals surface area contributed by atoms with Crippen molar-refractivity contribution in [3.8, 4) is 0 Å². The Bertz CT molecular complexity index is 647. The van der Waals surface area contributed by atoms with Crippen molar-refractivity contribution in [3.63, 3.8) is 0 Å². The van der Waals surface area contributed by atoms with E-state index in [1.807, 2.05) is 12.1 Å². The molecule has 0 spiro atoms. The lowest BCUT2D eigenvalue weighted by molar-refractivity contribution is 0.162. The third-order valence-corrected chi connectivity index (χ3v) is 4.27. The zero-order chi connectivity index (χ0) is 14.7. The number of allylic oxidation sites excluding steroid dienone is 1. The highest BCUT2D eigenvalue weighted by atomic mass is 79.9. The molecule has 1 atom stereocenters. The van der Waals surface area contributed by atoms with Crippen LogP contribution in [0.25, 0.3) is 11.0 Å². The molecule has 0 saturated heterocycles.